The van der Waals surface area contributed by atoms with Crippen molar-refractivity contribution in [3.8, 4) is 0 Å². The second-order valence-corrected chi connectivity index (χ2v) is 5.78. The number of aromatic nitrogens is 4. The van der Waals surface area contributed by atoms with Gasteiger partial charge in [0.25, 0.3) is 0 Å². The van der Waals surface area contributed by atoms with Crippen molar-refractivity contribution in [2.45, 2.75) is 13.0 Å². The quantitative estimate of drug-likeness (QED) is 0.306. The number of nitrogens with two attached hydrogens (primary N) is 1. The molecule has 11 heteroatoms. The number of guanidine groups is 1. The molecule has 0 aliphatic carbocycles. The second-order valence-electron chi connectivity index (χ2n) is 5.37. The van der Waals surface area contributed by atoms with E-state index in [4.69, 9.17) is 22.1 Å². The lowest BCUT2D eigenvalue weighted by atomic mass is 10.3. The fraction of sp³-hybridized carbons (Fsp3) is 0.250. The van der Waals surface area contributed by atoms with E-state index in [1.165, 1.54) is 13.2 Å². The number of nitrogens with one attached hydrogen (secondary N) is 3. The molecule has 2 rings (SSSR count). The number of H-pyrrole nitrogens is 1. The van der Waals surface area contributed by atoms with E-state index in [-0.39, 0.29) is 23.4 Å². The molecule has 9 nitrogen and oxygen atoms in total. The maximum atomic E-state index is 13.0. The maximum Gasteiger partial charge on any atom is 0.195 e. The van der Waals surface area contributed by atoms with Crippen molar-refractivity contribution in [3.63, 3.8) is 0 Å². The van der Waals surface area contributed by atoms with Crippen LogP contribution in [0.3, 0.4) is 0 Å². The predicted molar refractivity (Wildman–Crippen MR) is 101 cm³/mol. The lowest BCUT2D eigenvalue weighted by Gasteiger charge is -2.17. The summed E-state index contributed by atoms with van der Waals surface area (Å²) in [5.74, 6) is 0.513. The first-order valence-electron chi connectivity index (χ1n) is 7.81. The highest BCUT2D eigenvalue weighted by atomic mass is 35.5. The van der Waals surface area contributed by atoms with Gasteiger partial charge in [-0.3, -0.25) is 5.10 Å². The predicted octanol–water partition coefficient (Wildman–Crippen LogP) is 1.95. The fourth-order valence-corrected chi connectivity index (χ4v) is 2.11. The number of allylic oxidation sites excluding steroid dienone is 2. The molecule has 0 saturated heterocycles. The van der Waals surface area contributed by atoms with Crippen molar-refractivity contribution in [1.29, 1.82) is 0 Å². The van der Waals surface area contributed by atoms with Crippen LogP contribution in [-0.4, -0.2) is 39.8 Å². The lowest BCUT2D eigenvalue weighted by molar-refractivity contribution is 0.171. The van der Waals surface area contributed by atoms with E-state index in [2.05, 4.69) is 42.4 Å². The number of hydrogen-bond donors (Lipinski definition) is 4. The standard InChI is InChI=1S/C16H20ClFN8O/c1-4-11(17)14(23-13-5-9(2)25-26-13)24-16(19)22-12(8-27-3)15-20-6-10(18)7-21-15/h4-7,12H,1,8H2,2-3H3,(H3,19,22,24)(H2,23,25,26)/b14-11+. The van der Waals surface area contributed by atoms with Crippen LogP contribution in [0.15, 0.2) is 47.0 Å². The van der Waals surface area contributed by atoms with Crippen LogP contribution in [0, 0.1) is 12.7 Å². The molecule has 0 aromatic carbocycles. The third-order valence-electron chi connectivity index (χ3n) is 3.20. The molecular weight excluding hydrogens is 375 g/mol. The summed E-state index contributed by atoms with van der Waals surface area (Å²) in [4.78, 5) is 12.1. The van der Waals surface area contributed by atoms with Gasteiger partial charge in [0, 0.05) is 18.9 Å². The van der Waals surface area contributed by atoms with Crippen molar-refractivity contribution in [2.24, 2.45) is 10.7 Å². The molecule has 0 fully saturated rings. The van der Waals surface area contributed by atoms with Crippen LogP contribution in [0.5, 0.6) is 0 Å². The number of nitrogens with zero attached hydrogens (tertiary/aromatic N) is 4. The van der Waals surface area contributed by atoms with Crippen LogP contribution in [-0.2, 0) is 4.74 Å². The van der Waals surface area contributed by atoms with E-state index in [0.29, 0.717) is 11.6 Å². The van der Waals surface area contributed by atoms with Crippen molar-refractivity contribution in [3.05, 3.63) is 59.3 Å². The Morgan fingerprint density at radius 3 is 2.78 bits per heavy atom. The molecule has 144 valence electrons. The molecule has 5 N–H and O–H groups in total. The van der Waals surface area contributed by atoms with Gasteiger partial charge in [-0.15, -0.1) is 0 Å². The van der Waals surface area contributed by atoms with Gasteiger partial charge in [0.2, 0.25) is 0 Å². The van der Waals surface area contributed by atoms with Crippen LogP contribution in [0.2, 0.25) is 0 Å². The van der Waals surface area contributed by atoms with Gasteiger partial charge in [0.15, 0.2) is 29.2 Å². The smallest absolute Gasteiger partial charge is 0.195 e. The first-order valence-corrected chi connectivity index (χ1v) is 8.19. The normalized spacial score (nSPS) is 13.7. The van der Waals surface area contributed by atoms with E-state index in [1.54, 1.807) is 6.07 Å². The number of methoxy groups -OCH3 is 1. The van der Waals surface area contributed by atoms with Gasteiger partial charge in [-0.05, 0) is 13.0 Å². The molecule has 0 amide bonds. The largest absolute Gasteiger partial charge is 0.382 e. The SMILES string of the molecule is C=C/C(Cl)=C(\N=C(/N)NC(COC)c1ncc(F)cn1)Nc1cc(C)[nH]n1. The second kappa shape index (κ2) is 9.64. The molecule has 1 atom stereocenters. The number of halogens is 2. The van der Waals surface area contributed by atoms with E-state index in [1.807, 2.05) is 6.92 Å². The van der Waals surface area contributed by atoms with Gasteiger partial charge in [-0.2, -0.15) is 10.1 Å². The number of rotatable bonds is 8. The minimum absolute atomic E-state index is 0.0136. The summed E-state index contributed by atoms with van der Waals surface area (Å²) in [7, 11) is 1.51. The summed E-state index contributed by atoms with van der Waals surface area (Å²) >= 11 is 6.14. The third kappa shape index (κ3) is 6.04. The van der Waals surface area contributed by atoms with Crippen LogP contribution in [0.1, 0.15) is 17.6 Å². The van der Waals surface area contributed by atoms with Gasteiger partial charge < -0.3 is 21.1 Å². The zero-order valence-electron chi connectivity index (χ0n) is 14.8. The Bertz CT molecular complexity index is 833. The summed E-state index contributed by atoms with van der Waals surface area (Å²) in [5, 5.41) is 13.0. The molecule has 0 radical (unpaired) electrons. The van der Waals surface area contributed by atoms with Gasteiger partial charge >= 0.3 is 0 Å². The van der Waals surface area contributed by atoms with Crippen molar-refractivity contribution < 1.29 is 9.13 Å². The number of aromatic amines is 1. The first kappa shape index (κ1) is 20.3. The highest BCUT2D eigenvalue weighted by Crippen LogP contribution is 2.16. The van der Waals surface area contributed by atoms with Gasteiger partial charge in [0.1, 0.15) is 6.04 Å². The Kier molecular flexibility index (Phi) is 7.26. The Labute approximate surface area is 160 Å². The molecule has 2 aromatic rings. The maximum absolute atomic E-state index is 13.0. The number of hydrogen-bond acceptors (Lipinski definition) is 6. The van der Waals surface area contributed by atoms with Crippen molar-refractivity contribution in [2.75, 3.05) is 19.0 Å². The zero-order valence-corrected chi connectivity index (χ0v) is 15.6. The van der Waals surface area contributed by atoms with E-state index in [9.17, 15) is 4.39 Å². The summed E-state index contributed by atoms with van der Waals surface area (Å²) in [6.45, 7) is 5.66. The fourth-order valence-electron chi connectivity index (χ4n) is 2.02. The summed E-state index contributed by atoms with van der Waals surface area (Å²) in [5.41, 5.74) is 6.84. The topological polar surface area (TPSA) is 126 Å². The molecule has 0 saturated carbocycles. The molecule has 0 spiro atoms. The van der Waals surface area contributed by atoms with Crippen molar-refractivity contribution in [1.82, 2.24) is 25.5 Å². The Morgan fingerprint density at radius 2 is 2.22 bits per heavy atom. The van der Waals surface area contributed by atoms with Crippen molar-refractivity contribution >= 4 is 23.4 Å². The minimum Gasteiger partial charge on any atom is -0.382 e. The first-order chi connectivity index (χ1) is 12.9. The Balaban J connectivity index is 2.21. The highest BCUT2D eigenvalue weighted by molar-refractivity contribution is 6.31. The summed E-state index contributed by atoms with van der Waals surface area (Å²) in [6, 6.07) is 1.22. The zero-order chi connectivity index (χ0) is 19.8. The lowest BCUT2D eigenvalue weighted by Crippen LogP contribution is -2.38. The molecular formula is C16H20ClFN8O. The van der Waals surface area contributed by atoms with E-state index >= 15 is 0 Å². The molecule has 2 aromatic heterocycles. The van der Waals surface area contributed by atoms with E-state index < -0.39 is 11.9 Å². The van der Waals surface area contributed by atoms with Crippen LogP contribution in [0.25, 0.3) is 0 Å². The monoisotopic (exact) mass is 394 g/mol. The molecule has 0 aliphatic heterocycles. The van der Waals surface area contributed by atoms with E-state index in [0.717, 1.165) is 18.1 Å². The summed E-state index contributed by atoms with van der Waals surface area (Å²) < 4.78 is 18.2. The summed E-state index contributed by atoms with van der Waals surface area (Å²) in [6.07, 6.45) is 3.53. The molecule has 27 heavy (non-hydrogen) atoms. The number of aryl methyl sites for hydroxylation is 1. The third-order valence-corrected chi connectivity index (χ3v) is 3.53. The van der Waals surface area contributed by atoms with Gasteiger partial charge in [0.05, 0.1) is 24.0 Å². The van der Waals surface area contributed by atoms with Crippen LogP contribution >= 0.6 is 11.6 Å². The van der Waals surface area contributed by atoms with Gasteiger partial charge in [-0.1, -0.05) is 18.2 Å². The van der Waals surface area contributed by atoms with Crippen LogP contribution in [0.4, 0.5) is 10.2 Å². The molecule has 0 bridgehead atoms. The molecule has 1 unspecified atom stereocenters. The Hall–Kier alpha value is -2.98. The Morgan fingerprint density at radius 1 is 1.52 bits per heavy atom. The molecule has 2 heterocycles. The highest BCUT2D eigenvalue weighted by Gasteiger charge is 2.16. The average molecular weight is 395 g/mol. The molecule has 0 aliphatic rings. The number of anilines is 1. The minimum atomic E-state index is -0.546. The number of aliphatic imine (C=N–C) groups is 1. The van der Waals surface area contributed by atoms with Crippen LogP contribution < -0.4 is 16.4 Å². The number of ether oxygens (including phenoxy) is 1. The average Bonchev–Trinajstić information content (AvgIpc) is 3.05. The van der Waals surface area contributed by atoms with Gasteiger partial charge in [-0.25, -0.2) is 14.4 Å².